The molecule has 1 aromatic heterocycles. The summed E-state index contributed by atoms with van der Waals surface area (Å²) in [5.74, 6) is -0.919. The number of hydrogen-bond acceptors (Lipinski definition) is 4. The SMILES string of the molecule is CNC(=O)c1nn(CC(F)(F)F)cc1[N+](=O)[O-]. The Kier molecular flexibility index (Phi) is 3.34. The Bertz CT molecular complexity index is 454. The number of nitrogens with zero attached hydrogens (tertiary/aromatic N) is 3. The molecule has 0 aliphatic rings. The normalized spacial score (nSPS) is 11.3. The standard InChI is InChI=1S/C7H7F3N4O3/c1-11-6(15)5-4(14(16)17)2-13(12-5)3-7(8,9)10/h2H,3H2,1H3,(H,11,15). The highest BCUT2D eigenvalue weighted by molar-refractivity contribution is 5.95. The van der Waals surface area contributed by atoms with E-state index < -0.39 is 34.9 Å². The summed E-state index contributed by atoms with van der Waals surface area (Å²) in [6.45, 7) is -1.50. The second kappa shape index (κ2) is 4.39. The van der Waals surface area contributed by atoms with Crippen molar-refractivity contribution in [3.8, 4) is 0 Å². The van der Waals surface area contributed by atoms with Gasteiger partial charge < -0.3 is 5.32 Å². The maximum Gasteiger partial charge on any atom is 0.408 e. The van der Waals surface area contributed by atoms with E-state index in [0.717, 1.165) is 0 Å². The minimum atomic E-state index is -4.57. The van der Waals surface area contributed by atoms with Crippen LogP contribution in [0.15, 0.2) is 6.20 Å². The third-order valence-electron chi connectivity index (χ3n) is 1.72. The van der Waals surface area contributed by atoms with E-state index in [1.165, 1.54) is 7.05 Å². The lowest BCUT2D eigenvalue weighted by molar-refractivity contribution is -0.385. The van der Waals surface area contributed by atoms with Crippen molar-refractivity contribution in [2.24, 2.45) is 0 Å². The van der Waals surface area contributed by atoms with Crippen molar-refractivity contribution in [3.05, 3.63) is 22.0 Å². The van der Waals surface area contributed by atoms with Gasteiger partial charge in [-0.1, -0.05) is 0 Å². The maximum atomic E-state index is 12.0. The Balaban J connectivity index is 3.13. The highest BCUT2D eigenvalue weighted by Gasteiger charge is 2.32. The first-order valence-corrected chi connectivity index (χ1v) is 4.25. The lowest BCUT2D eigenvalue weighted by Gasteiger charge is -2.04. The number of nitro groups is 1. The van der Waals surface area contributed by atoms with Crippen molar-refractivity contribution < 1.29 is 22.9 Å². The van der Waals surface area contributed by atoms with E-state index in [2.05, 4.69) is 10.4 Å². The van der Waals surface area contributed by atoms with Crippen LogP contribution in [-0.4, -0.2) is 33.8 Å². The molecule has 1 heterocycles. The summed E-state index contributed by atoms with van der Waals surface area (Å²) in [6, 6.07) is 0. The summed E-state index contributed by atoms with van der Waals surface area (Å²) >= 11 is 0. The predicted molar refractivity (Wildman–Crippen MR) is 48.3 cm³/mol. The number of rotatable bonds is 3. The molecule has 0 aliphatic heterocycles. The van der Waals surface area contributed by atoms with Crippen LogP contribution in [0.5, 0.6) is 0 Å². The molecule has 17 heavy (non-hydrogen) atoms. The zero-order valence-corrected chi connectivity index (χ0v) is 8.48. The largest absolute Gasteiger partial charge is 0.408 e. The molecule has 0 saturated heterocycles. The molecular formula is C7H7F3N4O3. The van der Waals surface area contributed by atoms with Gasteiger partial charge in [-0.25, -0.2) is 0 Å². The number of carbonyl (C=O) groups is 1. The zero-order chi connectivity index (χ0) is 13.2. The van der Waals surface area contributed by atoms with Gasteiger partial charge in [0.15, 0.2) is 0 Å². The van der Waals surface area contributed by atoms with E-state index in [1.54, 1.807) is 0 Å². The molecule has 0 aliphatic carbocycles. The van der Waals surface area contributed by atoms with Crippen molar-refractivity contribution >= 4 is 11.6 Å². The molecule has 0 atom stereocenters. The second-order valence-electron chi connectivity index (χ2n) is 3.01. The summed E-state index contributed by atoms with van der Waals surface area (Å²) in [6.07, 6.45) is -4.00. The molecule has 1 amide bonds. The Morgan fingerprint density at radius 2 is 2.24 bits per heavy atom. The molecule has 0 spiro atoms. The summed E-state index contributed by atoms with van der Waals surface area (Å²) in [5, 5.41) is 15.8. The van der Waals surface area contributed by atoms with Gasteiger partial charge in [0, 0.05) is 7.05 Å². The van der Waals surface area contributed by atoms with Crippen LogP contribution in [0.4, 0.5) is 18.9 Å². The number of alkyl halides is 3. The average Bonchev–Trinajstić information content (AvgIpc) is 2.57. The summed E-state index contributed by atoms with van der Waals surface area (Å²) in [5.41, 5.74) is -1.42. The molecule has 0 aromatic carbocycles. The van der Waals surface area contributed by atoms with E-state index in [0.29, 0.717) is 10.9 Å². The van der Waals surface area contributed by atoms with Gasteiger partial charge in [0.05, 0.1) is 4.92 Å². The van der Waals surface area contributed by atoms with E-state index in [1.807, 2.05) is 0 Å². The topological polar surface area (TPSA) is 90.1 Å². The van der Waals surface area contributed by atoms with Gasteiger partial charge >= 0.3 is 11.9 Å². The van der Waals surface area contributed by atoms with Crippen molar-refractivity contribution in [1.82, 2.24) is 15.1 Å². The Labute approximate surface area is 92.4 Å². The molecule has 0 bridgehead atoms. The number of hydrogen-bond donors (Lipinski definition) is 1. The van der Waals surface area contributed by atoms with Gasteiger partial charge in [0.25, 0.3) is 5.91 Å². The van der Waals surface area contributed by atoms with E-state index in [4.69, 9.17) is 0 Å². The number of halogens is 3. The average molecular weight is 252 g/mol. The third kappa shape index (κ3) is 3.16. The zero-order valence-electron chi connectivity index (χ0n) is 8.48. The first kappa shape index (κ1) is 12.9. The van der Waals surface area contributed by atoms with Gasteiger partial charge in [0.2, 0.25) is 5.69 Å². The van der Waals surface area contributed by atoms with Gasteiger partial charge in [-0.05, 0) is 0 Å². The van der Waals surface area contributed by atoms with Crippen LogP contribution >= 0.6 is 0 Å². The first-order chi connectivity index (χ1) is 7.74. The fourth-order valence-corrected chi connectivity index (χ4v) is 1.09. The van der Waals surface area contributed by atoms with Crippen LogP contribution in [0.1, 0.15) is 10.5 Å². The molecule has 0 unspecified atom stereocenters. The number of amides is 1. The second-order valence-corrected chi connectivity index (χ2v) is 3.01. The molecule has 1 rings (SSSR count). The van der Waals surface area contributed by atoms with Gasteiger partial charge in [-0.15, -0.1) is 0 Å². The lowest BCUT2D eigenvalue weighted by atomic mass is 10.3. The van der Waals surface area contributed by atoms with Crippen molar-refractivity contribution in [2.45, 2.75) is 12.7 Å². The molecule has 7 nitrogen and oxygen atoms in total. The Morgan fingerprint density at radius 3 is 2.65 bits per heavy atom. The quantitative estimate of drug-likeness (QED) is 0.633. The molecule has 1 aromatic rings. The Morgan fingerprint density at radius 1 is 1.65 bits per heavy atom. The molecule has 0 radical (unpaired) electrons. The van der Waals surface area contributed by atoms with Crippen molar-refractivity contribution in [3.63, 3.8) is 0 Å². The van der Waals surface area contributed by atoms with Crippen LogP contribution in [0.3, 0.4) is 0 Å². The van der Waals surface area contributed by atoms with E-state index in [-0.39, 0.29) is 0 Å². The van der Waals surface area contributed by atoms with Crippen LogP contribution in [-0.2, 0) is 6.54 Å². The molecule has 94 valence electrons. The minimum absolute atomic E-state index is 0.308. The molecule has 0 fully saturated rings. The summed E-state index contributed by atoms with van der Waals surface area (Å²) < 4.78 is 36.4. The van der Waals surface area contributed by atoms with E-state index >= 15 is 0 Å². The van der Waals surface area contributed by atoms with Gasteiger partial charge in [0.1, 0.15) is 12.7 Å². The maximum absolute atomic E-state index is 12.0. The fourth-order valence-electron chi connectivity index (χ4n) is 1.09. The van der Waals surface area contributed by atoms with E-state index in [9.17, 15) is 28.1 Å². The fraction of sp³-hybridized carbons (Fsp3) is 0.429. The highest BCUT2D eigenvalue weighted by Crippen LogP contribution is 2.21. The number of nitrogens with one attached hydrogen (secondary N) is 1. The lowest BCUT2D eigenvalue weighted by Crippen LogP contribution is -2.21. The van der Waals surface area contributed by atoms with Crippen LogP contribution in [0, 0.1) is 10.1 Å². The molecule has 1 N–H and O–H groups in total. The van der Waals surface area contributed by atoms with Crippen molar-refractivity contribution in [1.29, 1.82) is 0 Å². The summed E-state index contributed by atoms with van der Waals surface area (Å²) in [4.78, 5) is 20.7. The third-order valence-corrected chi connectivity index (χ3v) is 1.72. The predicted octanol–water partition coefficient (Wildman–Crippen LogP) is 0.713. The molecular weight excluding hydrogens is 245 g/mol. The molecule has 10 heteroatoms. The Hall–Kier alpha value is -2.13. The smallest absolute Gasteiger partial charge is 0.353 e. The highest BCUT2D eigenvalue weighted by atomic mass is 19.4. The van der Waals surface area contributed by atoms with Crippen LogP contribution in [0.2, 0.25) is 0 Å². The van der Waals surface area contributed by atoms with Crippen LogP contribution < -0.4 is 5.32 Å². The first-order valence-electron chi connectivity index (χ1n) is 4.25. The van der Waals surface area contributed by atoms with Gasteiger partial charge in [-0.2, -0.15) is 18.3 Å². The van der Waals surface area contributed by atoms with Gasteiger partial charge in [-0.3, -0.25) is 19.6 Å². The number of aromatic nitrogens is 2. The molecule has 0 saturated carbocycles. The minimum Gasteiger partial charge on any atom is -0.353 e. The van der Waals surface area contributed by atoms with Crippen molar-refractivity contribution in [2.75, 3.05) is 7.05 Å². The monoisotopic (exact) mass is 252 g/mol. The number of carbonyl (C=O) groups excluding carboxylic acids is 1. The van der Waals surface area contributed by atoms with Crippen LogP contribution in [0.25, 0.3) is 0 Å². The summed E-state index contributed by atoms with van der Waals surface area (Å²) in [7, 11) is 1.19.